The monoisotopic (exact) mass is 290 g/mol. The second-order valence-electron chi connectivity index (χ2n) is 7.31. The first-order valence-corrected chi connectivity index (χ1v) is 13.9. The molecule has 0 saturated heterocycles. The lowest BCUT2D eigenvalue weighted by molar-refractivity contribution is 0.101. The van der Waals surface area contributed by atoms with Crippen LogP contribution in [0.5, 0.6) is 0 Å². The molecule has 0 radical (unpaired) electrons. The molecule has 0 N–H and O–H groups in total. The SMILES string of the molecule is CC(=O)c1ccc(C=C[Si](C)(C)C)c([Si](C)(C)C)c1. The minimum Gasteiger partial charge on any atom is -0.295 e. The van der Waals surface area contributed by atoms with Crippen molar-refractivity contribution < 1.29 is 4.79 Å². The Balaban J connectivity index is 3.33. The molecule has 0 aliphatic heterocycles. The smallest absolute Gasteiger partial charge is 0.159 e. The van der Waals surface area contributed by atoms with Crippen molar-refractivity contribution >= 4 is 33.2 Å². The maximum atomic E-state index is 11.6. The van der Waals surface area contributed by atoms with Crippen LogP contribution in [0.4, 0.5) is 0 Å². The first kappa shape index (κ1) is 16.1. The zero-order valence-electron chi connectivity index (χ0n) is 13.3. The van der Waals surface area contributed by atoms with Crippen molar-refractivity contribution in [1.82, 2.24) is 0 Å². The van der Waals surface area contributed by atoms with Gasteiger partial charge >= 0.3 is 0 Å². The van der Waals surface area contributed by atoms with E-state index in [4.69, 9.17) is 0 Å². The molecule has 1 aromatic carbocycles. The lowest BCUT2D eigenvalue weighted by Gasteiger charge is -2.21. The van der Waals surface area contributed by atoms with Gasteiger partial charge in [-0.05, 0) is 12.5 Å². The number of ketones is 1. The van der Waals surface area contributed by atoms with Crippen molar-refractivity contribution in [1.29, 1.82) is 0 Å². The molecule has 104 valence electrons. The van der Waals surface area contributed by atoms with Gasteiger partial charge in [0.25, 0.3) is 0 Å². The number of rotatable bonds is 4. The Morgan fingerprint density at radius 3 is 2.05 bits per heavy atom. The molecule has 0 bridgehead atoms. The molecule has 1 rings (SSSR count). The molecule has 19 heavy (non-hydrogen) atoms. The summed E-state index contributed by atoms with van der Waals surface area (Å²) in [6, 6.07) is 6.18. The van der Waals surface area contributed by atoms with Crippen molar-refractivity contribution in [3.63, 3.8) is 0 Å². The van der Waals surface area contributed by atoms with E-state index in [1.165, 1.54) is 10.8 Å². The van der Waals surface area contributed by atoms with Crippen LogP contribution >= 0.6 is 0 Å². The second kappa shape index (κ2) is 5.59. The quantitative estimate of drug-likeness (QED) is 0.596. The van der Waals surface area contributed by atoms with Gasteiger partial charge in [-0.3, -0.25) is 4.79 Å². The fourth-order valence-corrected chi connectivity index (χ4v) is 4.21. The normalized spacial score (nSPS) is 13.0. The summed E-state index contributed by atoms with van der Waals surface area (Å²) in [7, 11) is -2.63. The van der Waals surface area contributed by atoms with Crippen molar-refractivity contribution in [2.75, 3.05) is 0 Å². The minimum atomic E-state index is -1.44. The van der Waals surface area contributed by atoms with Crippen LogP contribution in [-0.4, -0.2) is 21.9 Å². The molecule has 0 aliphatic carbocycles. The molecule has 0 fully saturated rings. The van der Waals surface area contributed by atoms with E-state index in [2.05, 4.69) is 63.2 Å². The van der Waals surface area contributed by atoms with Crippen LogP contribution in [0, 0.1) is 0 Å². The van der Waals surface area contributed by atoms with E-state index in [1.54, 1.807) is 6.92 Å². The number of hydrogen-bond donors (Lipinski definition) is 0. The molecule has 0 aliphatic rings. The number of carbonyl (C=O) groups is 1. The molecule has 1 aromatic rings. The molecule has 3 heteroatoms. The van der Waals surface area contributed by atoms with E-state index in [9.17, 15) is 4.79 Å². The van der Waals surface area contributed by atoms with Crippen LogP contribution < -0.4 is 5.19 Å². The summed E-state index contributed by atoms with van der Waals surface area (Å²) >= 11 is 0. The Hall–Kier alpha value is -0.936. The van der Waals surface area contributed by atoms with Gasteiger partial charge in [0.05, 0.1) is 16.1 Å². The zero-order valence-corrected chi connectivity index (χ0v) is 15.3. The van der Waals surface area contributed by atoms with Gasteiger partial charge in [0.15, 0.2) is 5.78 Å². The van der Waals surface area contributed by atoms with Crippen LogP contribution in [0.15, 0.2) is 23.9 Å². The van der Waals surface area contributed by atoms with E-state index >= 15 is 0 Å². The number of carbonyl (C=O) groups excluding carboxylic acids is 1. The van der Waals surface area contributed by atoms with Crippen molar-refractivity contribution in [2.24, 2.45) is 0 Å². The highest BCUT2D eigenvalue weighted by Crippen LogP contribution is 2.14. The first-order valence-electron chi connectivity index (χ1n) is 6.85. The van der Waals surface area contributed by atoms with E-state index in [0.717, 1.165) is 5.56 Å². The maximum Gasteiger partial charge on any atom is 0.159 e. The third-order valence-electron chi connectivity index (χ3n) is 3.03. The zero-order chi connectivity index (χ0) is 14.8. The highest BCUT2D eigenvalue weighted by atomic mass is 28.3. The summed E-state index contributed by atoms with van der Waals surface area (Å²) in [5, 5.41) is 1.38. The fraction of sp³-hybridized carbons (Fsp3) is 0.438. The Kier molecular flexibility index (Phi) is 4.74. The fourth-order valence-electron chi connectivity index (χ4n) is 1.91. The standard InChI is InChI=1S/C16H26OSi2/c1-13(17)15-9-8-14(10-11-18(2,3)4)16(12-15)19(5,6)7/h8-12H,1-7H3. The number of benzene rings is 1. The summed E-state index contributed by atoms with van der Waals surface area (Å²) in [6.07, 6.45) is 2.27. The van der Waals surface area contributed by atoms with E-state index < -0.39 is 16.1 Å². The summed E-state index contributed by atoms with van der Waals surface area (Å²) in [5.74, 6) is 0.153. The summed E-state index contributed by atoms with van der Waals surface area (Å²) in [4.78, 5) is 11.6. The molecule has 0 atom stereocenters. The lowest BCUT2D eigenvalue weighted by Crippen LogP contribution is -2.40. The predicted octanol–water partition coefficient (Wildman–Crippen LogP) is 4.33. The average Bonchev–Trinajstić information content (AvgIpc) is 2.23. The highest BCUT2D eigenvalue weighted by molar-refractivity contribution is 6.89. The van der Waals surface area contributed by atoms with Gasteiger partial charge in [-0.2, -0.15) is 0 Å². The highest BCUT2D eigenvalue weighted by Gasteiger charge is 2.20. The topological polar surface area (TPSA) is 17.1 Å². The van der Waals surface area contributed by atoms with Crippen molar-refractivity contribution in [2.45, 2.75) is 46.2 Å². The molecular formula is C16H26OSi2. The third kappa shape index (κ3) is 4.92. The second-order valence-corrected chi connectivity index (χ2v) is 17.4. The molecule has 0 heterocycles. The predicted molar refractivity (Wildman–Crippen MR) is 91.8 cm³/mol. The molecule has 0 saturated carbocycles. The third-order valence-corrected chi connectivity index (χ3v) is 6.25. The summed E-state index contributed by atoms with van der Waals surface area (Å²) < 4.78 is 0. The van der Waals surface area contributed by atoms with Crippen LogP contribution in [-0.2, 0) is 0 Å². The maximum absolute atomic E-state index is 11.6. The molecule has 0 amide bonds. The van der Waals surface area contributed by atoms with E-state index in [1.807, 2.05) is 6.07 Å². The Morgan fingerprint density at radius 2 is 1.63 bits per heavy atom. The van der Waals surface area contributed by atoms with Gasteiger partial charge in [0, 0.05) is 5.56 Å². The van der Waals surface area contributed by atoms with Crippen LogP contribution in [0.1, 0.15) is 22.8 Å². The minimum absolute atomic E-state index is 0.153. The van der Waals surface area contributed by atoms with Crippen LogP contribution in [0.2, 0.25) is 39.3 Å². The van der Waals surface area contributed by atoms with Crippen LogP contribution in [0.25, 0.3) is 6.08 Å². The van der Waals surface area contributed by atoms with Gasteiger partial charge in [-0.1, -0.05) is 74.4 Å². The summed E-state index contributed by atoms with van der Waals surface area (Å²) in [6.45, 7) is 15.6. The largest absolute Gasteiger partial charge is 0.295 e. The summed E-state index contributed by atoms with van der Waals surface area (Å²) in [5.41, 5.74) is 4.51. The molecular weight excluding hydrogens is 264 g/mol. The van der Waals surface area contributed by atoms with E-state index in [-0.39, 0.29) is 5.78 Å². The van der Waals surface area contributed by atoms with Gasteiger partial charge in [-0.15, -0.1) is 0 Å². The molecule has 0 unspecified atom stereocenters. The van der Waals surface area contributed by atoms with Crippen LogP contribution in [0.3, 0.4) is 0 Å². The van der Waals surface area contributed by atoms with Crippen molar-refractivity contribution in [3.05, 3.63) is 35.0 Å². The molecule has 0 aromatic heterocycles. The molecule has 0 spiro atoms. The van der Waals surface area contributed by atoms with Gasteiger partial charge in [-0.25, -0.2) is 0 Å². The molecule has 1 nitrogen and oxygen atoms in total. The van der Waals surface area contributed by atoms with Crippen molar-refractivity contribution in [3.8, 4) is 0 Å². The van der Waals surface area contributed by atoms with Gasteiger partial charge in [0.2, 0.25) is 0 Å². The first-order chi connectivity index (χ1) is 8.50. The number of hydrogen-bond acceptors (Lipinski definition) is 1. The van der Waals surface area contributed by atoms with Gasteiger partial charge < -0.3 is 0 Å². The average molecular weight is 291 g/mol. The Labute approximate surface area is 119 Å². The number of Topliss-reactive ketones (excluding diaryl/α,β-unsaturated/α-hetero) is 1. The van der Waals surface area contributed by atoms with Gasteiger partial charge in [0.1, 0.15) is 0 Å². The lowest BCUT2D eigenvalue weighted by atomic mass is 10.1. The Morgan fingerprint density at radius 1 is 1.05 bits per heavy atom. The van der Waals surface area contributed by atoms with E-state index in [0.29, 0.717) is 0 Å². The Bertz CT molecular complexity index is 502.